The number of nitrogens with zero attached hydrogens (tertiary/aromatic N) is 2. The number of rotatable bonds is 2. The second kappa shape index (κ2) is 9.12. The van der Waals surface area contributed by atoms with Crippen LogP contribution in [0.1, 0.15) is 69.8 Å². The lowest BCUT2D eigenvalue weighted by Gasteiger charge is -2.20. The first-order chi connectivity index (χ1) is 13.1. The van der Waals surface area contributed by atoms with Crippen LogP contribution in [0.5, 0.6) is 0 Å². The lowest BCUT2D eigenvalue weighted by molar-refractivity contribution is -0.114. The summed E-state index contributed by atoms with van der Waals surface area (Å²) in [5, 5.41) is 2.79. The Morgan fingerprint density at radius 3 is 2.48 bits per heavy atom. The van der Waals surface area contributed by atoms with Gasteiger partial charge in [0.15, 0.2) is 5.82 Å². The summed E-state index contributed by atoms with van der Waals surface area (Å²) in [5.74, 6) is 1.54. The number of hydrogen-bond acceptors (Lipinski definition) is 3. The highest BCUT2D eigenvalue weighted by Crippen LogP contribution is 2.32. The zero-order chi connectivity index (χ0) is 19.2. The predicted octanol–water partition coefficient (Wildman–Crippen LogP) is 5.35. The number of amides is 1. The third-order valence-electron chi connectivity index (χ3n) is 5.47. The summed E-state index contributed by atoms with van der Waals surface area (Å²) < 4.78 is 0. The molecule has 0 atom stereocenters. The number of nitrogens with one attached hydrogen (secondary N) is 1. The molecule has 2 aliphatic carbocycles. The summed E-state index contributed by atoms with van der Waals surface area (Å²) in [6.07, 6.45) is 10.0. The smallest absolute Gasteiger partial charge is 0.222 e. The van der Waals surface area contributed by atoms with E-state index < -0.39 is 0 Å². The van der Waals surface area contributed by atoms with Crippen molar-refractivity contribution in [2.75, 3.05) is 5.32 Å². The van der Waals surface area contributed by atoms with Crippen LogP contribution >= 0.6 is 0 Å². The van der Waals surface area contributed by atoms with Gasteiger partial charge in [0.05, 0.1) is 17.1 Å². The molecule has 27 heavy (non-hydrogen) atoms. The molecule has 0 unspecified atom stereocenters. The van der Waals surface area contributed by atoms with Gasteiger partial charge in [0.1, 0.15) is 0 Å². The molecule has 0 saturated heterocycles. The van der Waals surface area contributed by atoms with Gasteiger partial charge in [-0.2, -0.15) is 0 Å². The van der Waals surface area contributed by atoms with Crippen LogP contribution in [0.15, 0.2) is 24.3 Å². The van der Waals surface area contributed by atoms with E-state index in [0.717, 1.165) is 42.3 Å². The number of carbonyl (C=O) groups is 1. The Kier molecular flexibility index (Phi) is 6.59. The maximum Gasteiger partial charge on any atom is 0.222 e. The van der Waals surface area contributed by atoms with E-state index in [-0.39, 0.29) is 5.91 Å². The average Bonchev–Trinajstić information content (AvgIpc) is 2.68. The summed E-state index contributed by atoms with van der Waals surface area (Å²) in [6, 6.07) is 8.33. The predicted molar refractivity (Wildman–Crippen MR) is 111 cm³/mol. The Bertz CT molecular complexity index is 794. The van der Waals surface area contributed by atoms with Gasteiger partial charge in [-0.3, -0.25) is 4.79 Å². The SMILES string of the molecule is CC1CCCCC1.CCc1nc2c(nc1NC(C)=O)CCc1ccccc1-2. The van der Waals surface area contributed by atoms with Crippen LogP contribution in [-0.2, 0) is 24.1 Å². The molecule has 0 radical (unpaired) electrons. The van der Waals surface area contributed by atoms with Crippen LogP contribution in [0.2, 0.25) is 0 Å². The van der Waals surface area contributed by atoms with Crippen molar-refractivity contribution in [3.05, 3.63) is 41.2 Å². The van der Waals surface area contributed by atoms with Crippen LogP contribution < -0.4 is 5.32 Å². The van der Waals surface area contributed by atoms with Crippen molar-refractivity contribution in [2.24, 2.45) is 5.92 Å². The minimum absolute atomic E-state index is 0.106. The average molecular weight is 366 g/mol. The van der Waals surface area contributed by atoms with Crippen LogP contribution in [0.25, 0.3) is 11.3 Å². The fourth-order valence-electron chi connectivity index (χ4n) is 3.94. The Morgan fingerprint density at radius 2 is 1.85 bits per heavy atom. The van der Waals surface area contributed by atoms with Crippen molar-refractivity contribution in [1.82, 2.24) is 9.97 Å². The molecular formula is C23H31N3O. The van der Waals surface area contributed by atoms with Crippen molar-refractivity contribution in [1.29, 1.82) is 0 Å². The Labute approximate surface area is 162 Å². The van der Waals surface area contributed by atoms with Crippen LogP contribution in [0.4, 0.5) is 5.82 Å². The fraction of sp³-hybridized carbons (Fsp3) is 0.522. The monoisotopic (exact) mass is 365 g/mol. The van der Waals surface area contributed by atoms with Crippen molar-refractivity contribution in [3.8, 4) is 11.3 Å². The number of hydrogen-bond donors (Lipinski definition) is 1. The molecule has 4 nitrogen and oxygen atoms in total. The van der Waals surface area contributed by atoms with Gasteiger partial charge in [0.2, 0.25) is 5.91 Å². The normalized spacial score (nSPS) is 15.8. The summed E-state index contributed by atoms with van der Waals surface area (Å²) in [5.41, 5.74) is 5.28. The third kappa shape index (κ3) is 4.94. The molecule has 1 saturated carbocycles. The minimum Gasteiger partial charge on any atom is -0.309 e. The molecule has 1 aromatic heterocycles. The van der Waals surface area contributed by atoms with E-state index in [9.17, 15) is 4.79 Å². The van der Waals surface area contributed by atoms with Gasteiger partial charge in [-0.15, -0.1) is 0 Å². The van der Waals surface area contributed by atoms with Crippen molar-refractivity contribution in [3.63, 3.8) is 0 Å². The van der Waals surface area contributed by atoms with Gasteiger partial charge < -0.3 is 5.32 Å². The molecular weight excluding hydrogens is 334 g/mol. The lowest BCUT2D eigenvalue weighted by Crippen LogP contribution is -2.16. The highest BCUT2D eigenvalue weighted by Gasteiger charge is 2.21. The van der Waals surface area contributed by atoms with Gasteiger partial charge in [0.25, 0.3) is 0 Å². The summed E-state index contributed by atoms with van der Waals surface area (Å²) in [4.78, 5) is 20.6. The molecule has 1 amide bonds. The van der Waals surface area contributed by atoms with E-state index in [1.807, 2.05) is 13.0 Å². The Balaban J connectivity index is 0.000000253. The van der Waals surface area contributed by atoms with Crippen LogP contribution in [0, 0.1) is 5.92 Å². The molecule has 1 heterocycles. The molecule has 4 rings (SSSR count). The molecule has 2 aliphatic rings. The molecule has 0 aliphatic heterocycles. The molecule has 1 aromatic carbocycles. The number of aromatic nitrogens is 2. The van der Waals surface area contributed by atoms with E-state index in [0.29, 0.717) is 5.82 Å². The van der Waals surface area contributed by atoms with E-state index in [1.54, 1.807) is 0 Å². The van der Waals surface area contributed by atoms with Gasteiger partial charge in [-0.05, 0) is 30.7 Å². The summed E-state index contributed by atoms with van der Waals surface area (Å²) in [6.45, 7) is 5.88. The summed E-state index contributed by atoms with van der Waals surface area (Å²) in [7, 11) is 0. The first-order valence-electron chi connectivity index (χ1n) is 10.3. The molecule has 2 aromatic rings. The first kappa shape index (κ1) is 19.5. The van der Waals surface area contributed by atoms with E-state index in [2.05, 4.69) is 35.4 Å². The summed E-state index contributed by atoms with van der Waals surface area (Å²) >= 11 is 0. The van der Waals surface area contributed by atoms with Crippen molar-refractivity contribution >= 4 is 11.7 Å². The molecule has 0 spiro atoms. The topological polar surface area (TPSA) is 54.9 Å². The molecule has 0 bridgehead atoms. The second-order valence-corrected chi connectivity index (χ2v) is 7.75. The zero-order valence-electron chi connectivity index (χ0n) is 16.8. The number of aryl methyl sites for hydroxylation is 3. The number of carbonyl (C=O) groups excluding carboxylic acids is 1. The largest absolute Gasteiger partial charge is 0.309 e. The number of benzene rings is 1. The van der Waals surface area contributed by atoms with Crippen LogP contribution in [-0.4, -0.2) is 15.9 Å². The van der Waals surface area contributed by atoms with E-state index in [1.165, 1.54) is 50.2 Å². The Morgan fingerprint density at radius 1 is 1.11 bits per heavy atom. The highest BCUT2D eigenvalue weighted by atomic mass is 16.1. The van der Waals surface area contributed by atoms with Gasteiger partial charge in [-0.25, -0.2) is 9.97 Å². The van der Waals surface area contributed by atoms with Gasteiger partial charge in [0, 0.05) is 12.5 Å². The maximum absolute atomic E-state index is 11.3. The van der Waals surface area contributed by atoms with Crippen molar-refractivity contribution < 1.29 is 4.79 Å². The fourth-order valence-corrected chi connectivity index (χ4v) is 3.94. The lowest BCUT2D eigenvalue weighted by atomic mass is 9.91. The van der Waals surface area contributed by atoms with Gasteiger partial charge in [-0.1, -0.05) is 70.2 Å². The second-order valence-electron chi connectivity index (χ2n) is 7.75. The third-order valence-corrected chi connectivity index (χ3v) is 5.47. The minimum atomic E-state index is -0.106. The number of fused-ring (bicyclic) bond motifs is 3. The standard InChI is InChI=1S/C16H17N3O.C7H14/c1-3-13-16(17-10(2)20)19-14-9-8-11-6-4-5-7-12(11)15(14)18-13;1-7-5-3-2-4-6-7/h4-7H,3,8-9H2,1-2H3,(H,17,19,20);7H,2-6H2,1H3. The first-order valence-corrected chi connectivity index (χ1v) is 10.3. The maximum atomic E-state index is 11.3. The quantitative estimate of drug-likeness (QED) is 0.780. The molecule has 1 N–H and O–H groups in total. The molecule has 4 heteroatoms. The molecule has 144 valence electrons. The van der Waals surface area contributed by atoms with Gasteiger partial charge >= 0.3 is 0 Å². The van der Waals surface area contributed by atoms with Crippen LogP contribution in [0.3, 0.4) is 0 Å². The Hall–Kier alpha value is -2.23. The van der Waals surface area contributed by atoms with Crippen molar-refractivity contribution in [2.45, 2.75) is 72.1 Å². The van der Waals surface area contributed by atoms with E-state index in [4.69, 9.17) is 4.98 Å². The highest BCUT2D eigenvalue weighted by molar-refractivity contribution is 5.88. The molecule has 1 fully saturated rings. The number of anilines is 1. The zero-order valence-corrected chi connectivity index (χ0v) is 16.8. The van der Waals surface area contributed by atoms with E-state index >= 15 is 0 Å².